The molecular weight excluding hydrogens is 224 g/mol. The molecule has 1 rings (SSSR count). The molecule has 1 aromatic rings. The Morgan fingerprint density at radius 1 is 1.50 bits per heavy atom. The predicted molar refractivity (Wildman–Crippen MR) is 74.3 cm³/mol. The van der Waals surface area contributed by atoms with Gasteiger partial charge in [-0.2, -0.15) is 5.26 Å². The summed E-state index contributed by atoms with van der Waals surface area (Å²) in [4.78, 5) is 2.19. The van der Waals surface area contributed by atoms with Crippen molar-refractivity contribution in [3.05, 3.63) is 23.0 Å². The summed E-state index contributed by atoms with van der Waals surface area (Å²) >= 11 is 0. The molecule has 0 saturated carbocycles. The lowest BCUT2D eigenvalue weighted by atomic mass is 10.2. The van der Waals surface area contributed by atoms with Crippen LogP contribution >= 0.6 is 0 Å². The molecule has 0 aliphatic rings. The molecule has 0 radical (unpaired) electrons. The molecule has 4 nitrogen and oxygen atoms in total. The van der Waals surface area contributed by atoms with Crippen LogP contribution in [-0.4, -0.2) is 36.1 Å². The number of rotatable bonds is 6. The van der Waals surface area contributed by atoms with Crippen molar-refractivity contribution in [2.75, 3.05) is 20.6 Å². The molecule has 0 spiro atoms. The molecule has 0 bridgehead atoms. The SMILES string of the molecule is Cc1c(CNC(C)CCN(C)C)cc(C#N)n1C. The molecule has 100 valence electrons. The van der Waals surface area contributed by atoms with Gasteiger partial charge in [0.25, 0.3) is 0 Å². The topological polar surface area (TPSA) is 44.0 Å². The van der Waals surface area contributed by atoms with Crippen molar-refractivity contribution in [2.45, 2.75) is 32.9 Å². The van der Waals surface area contributed by atoms with E-state index >= 15 is 0 Å². The van der Waals surface area contributed by atoms with E-state index in [-0.39, 0.29) is 0 Å². The zero-order chi connectivity index (χ0) is 13.7. The van der Waals surface area contributed by atoms with Crippen LogP contribution in [0.2, 0.25) is 0 Å². The molecule has 18 heavy (non-hydrogen) atoms. The normalized spacial score (nSPS) is 12.7. The summed E-state index contributed by atoms with van der Waals surface area (Å²) in [6, 6.07) is 4.67. The summed E-state index contributed by atoms with van der Waals surface area (Å²) in [5.41, 5.74) is 3.11. The van der Waals surface area contributed by atoms with Gasteiger partial charge in [0.1, 0.15) is 11.8 Å². The van der Waals surface area contributed by atoms with Gasteiger partial charge in [0, 0.05) is 25.3 Å². The Labute approximate surface area is 110 Å². The Kier molecular flexibility index (Phi) is 5.39. The highest BCUT2D eigenvalue weighted by Crippen LogP contribution is 2.13. The van der Waals surface area contributed by atoms with Crippen molar-refractivity contribution in [3.63, 3.8) is 0 Å². The van der Waals surface area contributed by atoms with E-state index < -0.39 is 0 Å². The molecule has 1 atom stereocenters. The number of aromatic nitrogens is 1. The zero-order valence-electron chi connectivity index (χ0n) is 12.1. The van der Waals surface area contributed by atoms with E-state index in [0.29, 0.717) is 6.04 Å². The van der Waals surface area contributed by atoms with Crippen LogP contribution in [-0.2, 0) is 13.6 Å². The van der Waals surface area contributed by atoms with Crippen LogP contribution in [0.15, 0.2) is 6.07 Å². The first-order valence-corrected chi connectivity index (χ1v) is 6.39. The van der Waals surface area contributed by atoms with E-state index in [2.05, 4.69) is 44.2 Å². The maximum absolute atomic E-state index is 8.98. The average molecular weight is 248 g/mol. The van der Waals surface area contributed by atoms with E-state index in [1.807, 2.05) is 17.7 Å². The third-order valence-electron chi connectivity index (χ3n) is 3.40. The fraction of sp³-hybridized carbons (Fsp3) is 0.643. The molecule has 0 aliphatic heterocycles. The lowest BCUT2D eigenvalue weighted by Gasteiger charge is -2.16. The number of nitriles is 1. The minimum Gasteiger partial charge on any atom is -0.340 e. The molecule has 1 N–H and O–H groups in total. The highest BCUT2D eigenvalue weighted by molar-refractivity contribution is 5.34. The Balaban J connectivity index is 2.51. The first kappa shape index (κ1) is 14.7. The quantitative estimate of drug-likeness (QED) is 0.832. The third kappa shape index (κ3) is 3.86. The van der Waals surface area contributed by atoms with Gasteiger partial charge < -0.3 is 14.8 Å². The molecule has 1 aromatic heterocycles. The van der Waals surface area contributed by atoms with Gasteiger partial charge in [-0.1, -0.05) is 0 Å². The molecule has 1 heterocycles. The van der Waals surface area contributed by atoms with Gasteiger partial charge in [0.2, 0.25) is 0 Å². The molecule has 0 fully saturated rings. The largest absolute Gasteiger partial charge is 0.340 e. The molecular formula is C14H24N4. The highest BCUT2D eigenvalue weighted by Gasteiger charge is 2.09. The maximum atomic E-state index is 8.98. The second-order valence-corrected chi connectivity index (χ2v) is 5.18. The maximum Gasteiger partial charge on any atom is 0.120 e. The summed E-state index contributed by atoms with van der Waals surface area (Å²) in [7, 11) is 6.12. The zero-order valence-corrected chi connectivity index (χ0v) is 12.1. The first-order chi connectivity index (χ1) is 8.45. The molecule has 0 amide bonds. The predicted octanol–water partition coefficient (Wildman–Crippen LogP) is 1.63. The number of hydrogen-bond acceptors (Lipinski definition) is 3. The van der Waals surface area contributed by atoms with E-state index in [1.165, 1.54) is 11.3 Å². The smallest absolute Gasteiger partial charge is 0.120 e. The van der Waals surface area contributed by atoms with Crippen LogP contribution < -0.4 is 5.32 Å². The molecule has 0 aromatic carbocycles. The summed E-state index contributed by atoms with van der Waals surface area (Å²) in [5.74, 6) is 0. The minimum absolute atomic E-state index is 0.484. The van der Waals surface area contributed by atoms with E-state index in [4.69, 9.17) is 5.26 Å². The number of nitrogens with zero attached hydrogens (tertiary/aromatic N) is 3. The Hall–Kier alpha value is -1.31. The molecule has 0 saturated heterocycles. The van der Waals surface area contributed by atoms with Gasteiger partial charge in [-0.05, 0) is 52.5 Å². The first-order valence-electron chi connectivity index (χ1n) is 6.39. The molecule has 4 heteroatoms. The van der Waals surface area contributed by atoms with Crippen LogP contribution in [0.1, 0.15) is 30.3 Å². The number of nitrogens with one attached hydrogen (secondary N) is 1. The van der Waals surface area contributed by atoms with Crippen LogP contribution in [0.3, 0.4) is 0 Å². The monoisotopic (exact) mass is 248 g/mol. The van der Waals surface area contributed by atoms with Crippen molar-refractivity contribution in [1.29, 1.82) is 5.26 Å². The average Bonchev–Trinajstić information content (AvgIpc) is 2.61. The van der Waals surface area contributed by atoms with Crippen molar-refractivity contribution >= 4 is 0 Å². The van der Waals surface area contributed by atoms with Crippen LogP contribution in [0.4, 0.5) is 0 Å². The fourth-order valence-corrected chi connectivity index (χ4v) is 1.89. The lowest BCUT2D eigenvalue weighted by Crippen LogP contribution is -2.29. The third-order valence-corrected chi connectivity index (χ3v) is 3.40. The fourth-order valence-electron chi connectivity index (χ4n) is 1.89. The summed E-state index contributed by atoms with van der Waals surface area (Å²) < 4.78 is 1.95. The Bertz CT molecular complexity index is 426. The van der Waals surface area contributed by atoms with E-state index in [9.17, 15) is 0 Å². The lowest BCUT2D eigenvalue weighted by molar-refractivity contribution is 0.365. The Morgan fingerprint density at radius 2 is 2.17 bits per heavy atom. The van der Waals surface area contributed by atoms with Crippen molar-refractivity contribution in [2.24, 2.45) is 7.05 Å². The Morgan fingerprint density at radius 3 is 2.67 bits per heavy atom. The van der Waals surface area contributed by atoms with Crippen LogP contribution in [0.25, 0.3) is 0 Å². The minimum atomic E-state index is 0.484. The van der Waals surface area contributed by atoms with Crippen molar-refractivity contribution in [3.8, 4) is 6.07 Å². The van der Waals surface area contributed by atoms with Crippen molar-refractivity contribution in [1.82, 2.24) is 14.8 Å². The second kappa shape index (κ2) is 6.58. The summed E-state index contributed by atoms with van der Waals surface area (Å²) in [6.07, 6.45) is 1.13. The standard InChI is InChI=1S/C14H24N4/c1-11(6-7-17(3)4)16-10-13-8-14(9-15)18(5)12(13)2/h8,11,16H,6-7,10H2,1-5H3. The van der Waals surface area contributed by atoms with Gasteiger partial charge in [-0.3, -0.25) is 0 Å². The second-order valence-electron chi connectivity index (χ2n) is 5.18. The highest BCUT2D eigenvalue weighted by atomic mass is 15.1. The van der Waals surface area contributed by atoms with Gasteiger partial charge in [-0.15, -0.1) is 0 Å². The molecule has 0 aliphatic carbocycles. The van der Waals surface area contributed by atoms with E-state index in [1.54, 1.807) is 0 Å². The molecule has 1 unspecified atom stereocenters. The van der Waals surface area contributed by atoms with Gasteiger partial charge >= 0.3 is 0 Å². The number of hydrogen-bond donors (Lipinski definition) is 1. The van der Waals surface area contributed by atoms with Crippen molar-refractivity contribution < 1.29 is 0 Å². The van der Waals surface area contributed by atoms with Gasteiger partial charge in [-0.25, -0.2) is 0 Å². The van der Waals surface area contributed by atoms with Crippen LogP contribution in [0, 0.1) is 18.3 Å². The summed E-state index contributed by atoms with van der Waals surface area (Å²) in [6.45, 7) is 6.18. The van der Waals surface area contributed by atoms with Gasteiger partial charge in [0.05, 0.1) is 0 Å². The summed E-state index contributed by atoms with van der Waals surface area (Å²) in [5, 5.41) is 12.5. The van der Waals surface area contributed by atoms with E-state index in [0.717, 1.165) is 25.2 Å². The van der Waals surface area contributed by atoms with Crippen LogP contribution in [0.5, 0.6) is 0 Å². The van der Waals surface area contributed by atoms with Gasteiger partial charge in [0.15, 0.2) is 0 Å².